The van der Waals surface area contributed by atoms with E-state index in [9.17, 15) is 0 Å². The van der Waals surface area contributed by atoms with Crippen LogP contribution in [0.2, 0.25) is 0 Å². The second-order valence-electron chi connectivity index (χ2n) is 10.8. The van der Waals surface area contributed by atoms with Gasteiger partial charge in [0.2, 0.25) is 5.69 Å². The van der Waals surface area contributed by atoms with Crippen LogP contribution in [0.5, 0.6) is 0 Å². The van der Waals surface area contributed by atoms with Gasteiger partial charge in [0.15, 0.2) is 12.2 Å². The Morgan fingerprint density at radius 3 is 2.35 bits per heavy atom. The maximum Gasteiger partial charge on any atom is 0.213 e. The molecule has 0 N–H and O–H groups in total. The first-order valence-corrected chi connectivity index (χ1v) is 14.3. The van der Waals surface area contributed by atoms with E-state index in [1.807, 2.05) is 0 Å². The Bertz CT molecular complexity index is 1580. The van der Waals surface area contributed by atoms with E-state index in [1.54, 1.807) is 0 Å². The van der Waals surface area contributed by atoms with E-state index in [1.165, 1.54) is 62.7 Å². The van der Waals surface area contributed by atoms with E-state index in [0.717, 1.165) is 25.7 Å². The lowest BCUT2D eigenvalue weighted by Crippen LogP contribution is -2.55. The molecule has 1 aliphatic rings. The number of hydrogen-bond acceptors (Lipinski definition) is 0. The molecule has 6 rings (SSSR count). The van der Waals surface area contributed by atoms with Crippen LogP contribution in [0.4, 0.5) is 0 Å². The molecule has 5 aromatic rings. The summed E-state index contributed by atoms with van der Waals surface area (Å²) in [7, 11) is 0. The molecule has 3 heterocycles. The van der Waals surface area contributed by atoms with Gasteiger partial charge in [-0.2, -0.15) is 4.57 Å². The largest absolute Gasteiger partial charge is 0.309 e. The summed E-state index contributed by atoms with van der Waals surface area (Å²) in [5, 5.41) is 2.67. The van der Waals surface area contributed by atoms with Gasteiger partial charge in [-0.15, -0.1) is 0 Å². The van der Waals surface area contributed by atoms with Crippen LogP contribution < -0.4 is 4.57 Å². The standard InChI is InChI=1S/C35H39N2/c1-5-9-14-25-18-20-28-27-15-10-11-17-32(27)37(33(28)23-25)26-19-21-30-29(24-26)31-16-12-13-22-36(31)34(6-2)35(30,7-3)8-4/h10-13,15-24,34H,5-9,14H2,1-4H3/q+1. The Kier molecular flexibility index (Phi) is 6.15. The predicted molar refractivity (Wildman–Crippen MR) is 157 cm³/mol. The van der Waals surface area contributed by atoms with Gasteiger partial charge >= 0.3 is 0 Å². The summed E-state index contributed by atoms with van der Waals surface area (Å²) in [5.41, 5.74) is 9.68. The molecule has 2 heteroatoms. The van der Waals surface area contributed by atoms with E-state index in [2.05, 4.69) is 122 Å². The van der Waals surface area contributed by atoms with E-state index in [-0.39, 0.29) is 5.41 Å². The molecule has 0 saturated heterocycles. The van der Waals surface area contributed by atoms with Crippen molar-refractivity contribution in [1.29, 1.82) is 0 Å². The van der Waals surface area contributed by atoms with Gasteiger partial charge in [-0.1, -0.05) is 70.5 Å². The Morgan fingerprint density at radius 1 is 0.784 bits per heavy atom. The summed E-state index contributed by atoms with van der Waals surface area (Å²) in [6.45, 7) is 9.38. The summed E-state index contributed by atoms with van der Waals surface area (Å²) in [6.07, 6.45) is 9.32. The summed E-state index contributed by atoms with van der Waals surface area (Å²) in [5.74, 6) is 0. The fraction of sp³-hybridized carbons (Fsp3) is 0.343. The Morgan fingerprint density at radius 2 is 1.57 bits per heavy atom. The summed E-state index contributed by atoms with van der Waals surface area (Å²) >= 11 is 0. The quantitative estimate of drug-likeness (QED) is 0.202. The van der Waals surface area contributed by atoms with Gasteiger partial charge in [-0.05, 0) is 67.1 Å². The number of rotatable bonds is 7. The van der Waals surface area contributed by atoms with Crippen LogP contribution in [0, 0.1) is 0 Å². The van der Waals surface area contributed by atoms with E-state index < -0.39 is 0 Å². The van der Waals surface area contributed by atoms with Gasteiger partial charge in [-0.3, -0.25) is 0 Å². The Labute approximate surface area is 221 Å². The number of nitrogens with zero attached hydrogens (tertiary/aromatic N) is 2. The van der Waals surface area contributed by atoms with Crippen LogP contribution in [0.15, 0.2) is 85.1 Å². The lowest BCUT2D eigenvalue weighted by atomic mass is 9.65. The maximum atomic E-state index is 2.56. The fourth-order valence-electron chi connectivity index (χ4n) is 7.24. The number of hydrogen-bond donors (Lipinski definition) is 0. The number of unbranched alkanes of at least 4 members (excludes halogenated alkanes) is 1. The van der Waals surface area contributed by atoms with Crippen LogP contribution in [-0.4, -0.2) is 4.57 Å². The molecule has 188 valence electrons. The second-order valence-corrected chi connectivity index (χ2v) is 10.8. The van der Waals surface area contributed by atoms with Gasteiger partial charge in [-0.25, -0.2) is 0 Å². The zero-order valence-electron chi connectivity index (χ0n) is 22.8. The molecule has 2 nitrogen and oxygen atoms in total. The van der Waals surface area contributed by atoms with Crippen molar-refractivity contribution in [3.63, 3.8) is 0 Å². The van der Waals surface area contributed by atoms with Crippen LogP contribution in [-0.2, 0) is 11.8 Å². The van der Waals surface area contributed by atoms with Gasteiger partial charge in [0, 0.05) is 35.0 Å². The number of aryl methyl sites for hydroxylation is 1. The molecule has 0 radical (unpaired) electrons. The van der Waals surface area contributed by atoms with Crippen molar-refractivity contribution in [2.75, 3.05) is 0 Å². The van der Waals surface area contributed by atoms with E-state index >= 15 is 0 Å². The predicted octanol–water partition coefficient (Wildman–Crippen LogP) is 9.10. The smallest absolute Gasteiger partial charge is 0.213 e. The van der Waals surface area contributed by atoms with Gasteiger partial charge in [0.25, 0.3) is 0 Å². The molecule has 0 aliphatic carbocycles. The highest BCUT2D eigenvalue weighted by Gasteiger charge is 2.49. The molecule has 0 spiro atoms. The average Bonchev–Trinajstić information content (AvgIpc) is 3.28. The molecule has 0 saturated carbocycles. The molecule has 0 bridgehead atoms. The van der Waals surface area contributed by atoms with Gasteiger partial charge < -0.3 is 4.57 Å². The van der Waals surface area contributed by atoms with Crippen LogP contribution >= 0.6 is 0 Å². The SMILES string of the molecule is CCCCc1ccc2c3ccccc3n(-c3ccc4c(c3)-c3cccc[n+]3C(CC)C4(CC)CC)c2c1. The van der Waals surface area contributed by atoms with Crippen LogP contribution in [0.1, 0.15) is 77.0 Å². The molecule has 1 atom stereocenters. The van der Waals surface area contributed by atoms with Gasteiger partial charge in [0.05, 0.1) is 22.0 Å². The average molecular weight is 488 g/mol. The topological polar surface area (TPSA) is 8.81 Å². The Hall–Kier alpha value is -3.39. The highest BCUT2D eigenvalue weighted by molar-refractivity contribution is 6.09. The molecular weight excluding hydrogens is 448 g/mol. The first kappa shape index (κ1) is 24.0. The highest BCUT2D eigenvalue weighted by Crippen LogP contribution is 2.49. The number of para-hydroxylation sites is 1. The third kappa shape index (κ3) is 3.56. The van der Waals surface area contributed by atoms with Crippen molar-refractivity contribution in [2.45, 2.75) is 77.7 Å². The minimum absolute atomic E-state index is 0.149. The Balaban J connectivity index is 1.63. The lowest BCUT2D eigenvalue weighted by Gasteiger charge is -2.41. The number of pyridine rings is 1. The second kappa shape index (κ2) is 9.49. The molecule has 37 heavy (non-hydrogen) atoms. The van der Waals surface area contributed by atoms with Crippen molar-refractivity contribution in [3.8, 4) is 16.9 Å². The van der Waals surface area contributed by atoms with Crippen molar-refractivity contribution >= 4 is 21.8 Å². The third-order valence-corrected chi connectivity index (χ3v) is 9.14. The fourth-order valence-corrected chi connectivity index (χ4v) is 7.24. The monoisotopic (exact) mass is 487 g/mol. The molecule has 0 fully saturated rings. The number of aromatic nitrogens is 2. The van der Waals surface area contributed by atoms with Crippen LogP contribution in [0.25, 0.3) is 38.8 Å². The van der Waals surface area contributed by atoms with E-state index in [4.69, 9.17) is 0 Å². The zero-order valence-corrected chi connectivity index (χ0v) is 22.8. The number of fused-ring (bicyclic) bond motifs is 6. The molecule has 1 unspecified atom stereocenters. The van der Waals surface area contributed by atoms with Crippen molar-refractivity contribution < 1.29 is 4.57 Å². The molecule has 1 aliphatic heterocycles. The molecule has 2 aromatic heterocycles. The summed E-state index contributed by atoms with van der Waals surface area (Å²) < 4.78 is 5.06. The summed E-state index contributed by atoms with van der Waals surface area (Å²) in [4.78, 5) is 0. The zero-order chi connectivity index (χ0) is 25.6. The van der Waals surface area contributed by atoms with Crippen molar-refractivity contribution in [1.82, 2.24) is 4.57 Å². The normalized spacial score (nSPS) is 16.2. The minimum Gasteiger partial charge on any atom is -0.309 e. The number of benzene rings is 3. The lowest BCUT2D eigenvalue weighted by molar-refractivity contribution is -0.725. The maximum absolute atomic E-state index is 2.56. The molecule has 3 aromatic carbocycles. The van der Waals surface area contributed by atoms with E-state index in [0.29, 0.717) is 6.04 Å². The first-order valence-electron chi connectivity index (χ1n) is 14.3. The van der Waals surface area contributed by atoms with Crippen LogP contribution in [0.3, 0.4) is 0 Å². The molecule has 0 amide bonds. The highest BCUT2D eigenvalue weighted by atomic mass is 15.0. The first-order chi connectivity index (χ1) is 18.2. The summed E-state index contributed by atoms with van der Waals surface area (Å²) in [6, 6.07) is 30.5. The van der Waals surface area contributed by atoms with Crippen molar-refractivity contribution in [3.05, 3.63) is 96.2 Å². The molecular formula is C35H39N2+. The van der Waals surface area contributed by atoms with Crippen molar-refractivity contribution in [2.24, 2.45) is 0 Å². The third-order valence-electron chi connectivity index (χ3n) is 9.14. The van der Waals surface area contributed by atoms with Gasteiger partial charge in [0.1, 0.15) is 0 Å². The minimum atomic E-state index is 0.149.